The maximum Gasteiger partial charge on any atom is 0.161 e. The number of piperazine rings is 1. The molecule has 3 rings (SSSR count). The molecule has 1 heterocycles. The second-order valence-electron chi connectivity index (χ2n) is 7.80. The number of hydrogen-bond donors (Lipinski definition) is 2. The quantitative estimate of drug-likeness (QED) is 0.410. The molecule has 0 unspecified atom stereocenters. The third-order valence-electron chi connectivity index (χ3n) is 5.62. The van der Waals surface area contributed by atoms with Crippen LogP contribution in [0.2, 0.25) is 0 Å². The number of rotatable bonds is 11. The van der Waals surface area contributed by atoms with E-state index < -0.39 is 0 Å². The highest BCUT2D eigenvalue weighted by molar-refractivity contribution is 5.94. The highest BCUT2D eigenvalue weighted by atomic mass is 16.5. The molecule has 2 aromatic carbocycles. The summed E-state index contributed by atoms with van der Waals surface area (Å²) in [6, 6.07) is 16.0. The normalized spacial score (nSPS) is 18.7. The van der Waals surface area contributed by atoms with Crippen LogP contribution < -0.4 is 19.3 Å². The SMILES string of the molecule is COc1cc(C(C)=O)ccc1OCCOCC[NH+]1CC[NH+](Cc2ccccc2)CC1. The number of hydrogen-bond acceptors (Lipinski definition) is 4. The van der Waals surface area contributed by atoms with Gasteiger partial charge in [-0.25, -0.2) is 0 Å². The number of carbonyl (C=O) groups excluding carboxylic acids is 1. The van der Waals surface area contributed by atoms with E-state index in [0.29, 0.717) is 30.3 Å². The van der Waals surface area contributed by atoms with Gasteiger partial charge in [0.25, 0.3) is 0 Å². The van der Waals surface area contributed by atoms with Crippen LogP contribution in [-0.2, 0) is 11.3 Å². The van der Waals surface area contributed by atoms with Gasteiger partial charge in [-0.3, -0.25) is 4.79 Å². The van der Waals surface area contributed by atoms with Crippen LogP contribution in [0.3, 0.4) is 0 Å². The molecule has 0 aliphatic carbocycles. The van der Waals surface area contributed by atoms with E-state index in [-0.39, 0.29) is 5.78 Å². The molecule has 1 fully saturated rings. The Labute approximate surface area is 179 Å². The Balaban J connectivity index is 1.28. The number of benzene rings is 2. The maximum absolute atomic E-state index is 11.5. The average Bonchev–Trinajstić information content (AvgIpc) is 2.78. The molecule has 0 radical (unpaired) electrons. The number of ketones is 1. The molecule has 2 aromatic rings. The fourth-order valence-electron chi connectivity index (χ4n) is 3.80. The summed E-state index contributed by atoms with van der Waals surface area (Å²) >= 11 is 0. The molecular formula is C24H34N2O4+2. The van der Waals surface area contributed by atoms with Crippen molar-refractivity contribution in [3.05, 3.63) is 59.7 Å². The molecule has 6 heteroatoms. The van der Waals surface area contributed by atoms with Gasteiger partial charge < -0.3 is 24.0 Å². The lowest BCUT2D eigenvalue weighted by Crippen LogP contribution is -3.27. The summed E-state index contributed by atoms with van der Waals surface area (Å²) in [6.07, 6.45) is 0. The van der Waals surface area contributed by atoms with Gasteiger partial charge in [-0.2, -0.15) is 0 Å². The van der Waals surface area contributed by atoms with Crippen LogP contribution in [-0.4, -0.2) is 65.4 Å². The molecule has 0 bridgehead atoms. The number of nitrogens with one attached hydrogen (secondary N) is 2. The molecule has 1 aliphatic heterocycles. The Kier molecular flexibility index (Phi) is 8.68. The lowest BCUT2D eigenvalue weighted by Gasteiger charge is -2.29. The van der Waals surface area contributed by atoms with Crippen molar-refractivity contribution in [1.82, 2.24) is 0 Å². The van der Waals surface area contributed by atoms with Gasteiger partial charge in [-0.15, -0.1) is 0 Å². The van der Waals surface area contributed by atoms with E-state index >= 15 is 0 Å². The van der Waals surface area contributed by atoms with Gasteiger partial charge in [0, 0.05) is 11.1 Å². The molecule has 0 spiro atoms. The molecule has 30 heavy (non-hydrogen) atoms. The van der Waals surface area contributed by atoms with Crippen LogP contribution in [0.25, 0.3) is 0 Å². The molecular weight excluding hydrogens is 380 g/mol. The summed E-state index contributed by atoms with van der Waals surface area (Å²) in [4.78, 5) is 14.8. The molecule has 0 saturated carbocycles. The number of carbonyl (C=O) groups is 1. The fourth-order valence-corrected chi connectivity index (χ4v) is 3.80. The molecule has 6 nitrogen and oxygen atoms in total. The van der Waals surface area contributed by atoms with Gasteiger partial charge in [-0.05, 0) is 25.1 Å². The van der Waals surface area contributed by atoms with Crippen LogP contribution in [0.1, 0.15) is 22.8 Å². The summed E-state index contributed by atoms with van der Waals surface area (Å²) in [5.41, 5.74) is 2.04. The minimum atomic E-state index is 0.00758. The first-order chi connectivity index (χ1) is 14.7. The third kappa shape index (κ3) is 6.83. The van der Waals surface area contributed by atoms with E-state index in [4.69, 9.17) is 14.2 Å². The van der Waals surface area contributed by atoms with Gasteiger partial charge in [0.15, 0.2) is 17.3 Å². The minimum absolute atomic E-state index is 0.00758. The molecule has 0 atom stereocenters. The molecule has 162 valence electrons. The van der Waals surface area contributed by atoms with Gasteiger partial charge in [-0.1, -0.05) is 30.3 Å². The lowest BCUT2D eigenvalue weighted by molar-refractivity contribution is -1.02. The van der Waals surface area contributed by atoms with Gasteiger partial charge in [0.1, 0.15) is 45.9 Å². The zero-order valence-electron chi connectivity index (χ0n) is 18.1. The first kappa shape index (κ1) is 22.3. The fraction of sp³-hybridized carbons (Fsp3) is 0.458. The zero-order valence-corrected chi connectivity index (χ0v) is 18.1. The van der Waals surface area contributed by atoms with Crippen molar-refractivity contribution in [2.45, 2.75) is 13.5 Å². The van der Waals surface area contributed by atoms with E-state index in [2.05, 4.69) is 30.3 Å². The van der Waals surface area contributed by atoms with Crippen LogP contribution in [0, 0.1) is 0 Å². The van der Waals surface area contributed by atoms with Crippen molar-refractivity contribution in [2.75, 3.05) is 59.7 Å². The summed E-state index contributed by atoms with van der Waals surface area (Å²) in [5, 5.41) is 0. The number of quaternary nitrogens is 2. The Morgan fingerprint density at radius 1 is 0.900 bits per heavy atom. The maximum atomic E-state index is 11.5. The minimum Gasteiger partial charge on any atom is -0.493 e. The van der Waals surface area contributed by atoms with Crippen LogP contribution >= 0.6 is 0 Å². The smallest absolute Gasteiger partial charge is 0.161 e. The third-order valence-corrected chi connectivity index (χ3v) is 5.62. The van der Waals surface area contributed by atoms with Crippen LogP contribution in [0.4, 0.5) is 0 Å². The Hall–Kier alpha value is -2.41. The molecule has 1 saturated heterocycles. The van der Waals surface area contributed by atoms with Crippen LogP contribution in [0.15, 0.2) is 48.5 Å². The van der Waals surface area contributed by atoms with E-state index in [1.54, 1.807) is 35.1 Å². The van der Waals surface area contributed by atoms with E-state index in [9.17, 15) is 4.79 Å². The van der Waals surface area contributed by atoms with Crippen molar-refractivity contribution in [3.63, 3.8) is 0 Å². The zero-order chi connectivity index (χ0) is 21.2. The molecule has 1 aliphatic rings. The summed E-state index contributed by atoms with van der Waals surface area (Å²) in [7, 11) is 1.58. The monoisotopic (exact) mass is 414 g/mol. The summed E-state index contributed by atoms with van der Waals surface area (Å²) in [6.45, 7) is 10.3. The van der Waals surface area contributed by atoms with Crippen molar-refractivity contribution >= 4 is 5.78 Å². The van der Waals surface area contributed by atoms with Gasteiger partial charge in [0.2, 0.25) is 0 Å². The Morgan fingerprint density at radius 3 is 2.33 bits per heavy atom. The number of ether oxygens (including phenoxy) is 3. The highest BCUT2D eigenvalue weighted by Gasteiger charge is 2.22. The second kappa shape index (κ2) is 11.7. The summed E-state index contributed by atoms with van der Waals surface area (Å²) in [5.74, 6) is 1.21. The molecule has 0 aromatic heterocycles. The number of Topliss-reactive ketones (excluding diaryl/α,β-unsaturated/α-hetero) is 1. The highest BCUT2D eigenvalue weighted by Crippen LogP contribution is 2.28. The first-order valence-electron chi connectivity index (χ1n) is 10.8. The van der Waals surface area contributed by atoms with Crippen LogP contribution in [0.5, 0.6) is 11.5 Å². The largest absolute Gasteiger partial charge is 0.493 e. The van der Waals surface area contributed by atoms with E-state index in [0.717, 1.165) is 19.7 Å². The summed E-state index contributed by atoms with van der Waals surface area (Å²) < 4.78 is 16.8. The second-order valence-corrected chi connectivity index (χ2v) is 7.80. The molecule has 2 N–H and O–H groups in total. The number of methoxy groups -OCH3 is 1. The first-order valence-corrected chi connectivity index (χ1v) is 10.8. The van der Waals surface area contributed by atoms with Gasteiger partial charge in [0.05, 0.1) is 20.3 Å². The van der Waals surface area contributed by atoms with E-state index in [1.807, 2.05) is 0 Å². The standard InChI is InChI=1S/C24H32N2O4/c1-20(27)22-8-9-23(24(18-22)28-2)30-17-16-29-15-14-25-10-12-26(13-11-25)19-21-6-4-3-5-7-21/h3-9,18H,10-17,19H2,1-2H3/p+2. The average molecular weight is 415 g/mol. The van der Waals surface area contributed by atoms with Gasteiger partial charge >= 0.3 is 0 Å². The topological polar surface area (TPSA) is 53.6 Å². The predicted octanol–water partition coefficient (Wildman–Crippen LogP) is 0.277. The molecule has 0 amide bonds. The van der Waals surface area contributed by atoms with Crippen molar-refractivity contribution in [1.29, 1.82) is 0 Å². The lowest BCUT2D eigenvalue weighted by atomic mass is 10.1. The van der Waals surface area contributed by atoms with Crippen molar-refractivity contribution < 1.29 is 28.8 Å². The van der Waals surface area contributed by atoms with Crippen molar-refractivity contribution in [3.8, 4) is 11.5 Å². The Morgan fingerprint density at radius 2 is 1.63 bits per heavy atom. The van der Waals surface area contributed by atoms with Crippen molar-refractivity contribution in [2.24, 2.45) is 0 Å². The predicted molar refractivity (Wildman–Crippen MR) is 116 cm³/mol. The Bertz CT molecular complexity index is 789. The van der Waals surface area contributed by atoms with E-state index in [1.165, 1.54) is 38.7 Å².